The van der Waals surface area contributed by atoms with Crippen molar-refractivity contribution in [2.24, 2.45) is 0 Å². The lowest BCUT2D eigenvalue weighted by Gasteiger charge is -2.23. The zero-order chi connectivity index (χ0) is 15.3. The maximum absolute atomic E-state index is 11.5. The predicted octanol–water partition coefficient (Wildman–Crippen LogP) is 0.922. The molecule has 0 radical (unpaired) electrons. The Kier molecular flexibility index (Phi) is 6.79. The van der Waals surface area contributed by atoms with E-state index in [-0.39, 0.29) is 17.8 Å². The number of carbonyl (C=O) groups is 1. The van der Waals surface area contributed by atoms with Crippen LogP contribution in [0.1, 0.15) is 34.6 Å². The maximum atomic E-state index is 11.5. The summed E-state index contributed by atoms with van der Waals surface area (Å²) in [5, 5.41) is 5.74. The summed E-state index contributed by atoms with van der Waals surface area (Å²) in [7, 11) is -2.99. The highest BCUT2D eigenvalue weighted by Crippen LogP contribution is 2.06. The summed E-state index contributed by atoms with van der Waals surface area (Å²) in [4.78, 5) is 11.5. The lowest BCUT2D eigenvalue weighted by atomic mass is 10.2. The van der Waals surface area contributed by atoms with Crippen molar-refractivity contribution < 1.29 is 17.9 Å². The van der Waals surface area contributed by atoms with Crippen LogP contribution in [0, 0.1) is 0 Å². The number of sulfone groups is 1. The highest BCUT2D eigenvalue weighted by Gasteiger charge is 2.18. The molecule has 0 aliphatic carbocycles. The average Bonchev–Trinajstić information content (AvgIpc) is 2.08. The molecule has 0 bridgehead atoms. The van der Waals surface area contributed by atoms with E-state index in [0.29, 0.717) is 6.54 Å². The number of rotatable bonds is 6. The number of carbonyl (C=O) groups excluding carboxylic acids is 1. The quantitative estimate of drug-likeness (QED) is 0.761. The van der Waals surface area contributed by atoms with Gasteiger partial charge in [0.15, 0.2) is 0 Å². The van der Waals surface area contributed by atoms with Crippen LogP contribution in [0.25, 0.3) is 0 Å². The number of nitrogens with one attached hydrogen (secondary N) is 2. The third-order valence-electron chi connectivity index (χ3n) is 2.09. The lowest BCUT2D eigenvalue weighted by Crippen LogP contribution is -2.45. The lowest BCUT2D eigenvalue weighted by molar-refractivity contribution is 0.0508. The van der Waals surface area contributed by atoms with Gasteiger partial charge in [-0.2, -0.15) is 0 Å². The fourth-order valence-electron chi connectivity index (χ4n) is 1.45. The van der Waals surface area contributed by atoms with Gasteiger partial charge in [-0.3, -0.25) is 0 Å². The van der Waals surface area contributed by atoms with E-state index in [1.807, 2.05) is 6.92 Å². The van der Waals surface area contributed by atoms with Crippen LogP contribution in [0.4, 0.5) is 4.79 Å². The molecule has 0 heterocycles. The van der Waals surface area contributed by atoms with Crippen LogP contribution in [0.2, 0.25) is 0 Å². The number of hydrogen-bond donors (Lipinski definition) is 2. The summed E-state index contributed by atoms with van der Waals surface area (Å²) < 4.78 is 27.3. The normalized spacial score (nSPS) is 15.7. The molecular formula is C12H26N2O4S. The third kappa shape index (κ3) is 12.0. The standard InChI is InChI=1S/C12H26N2O4S/c1-9(14-11(15)18-12(3,4)5)7-13-10(2)8-19(6,16)17/h9-10,13H,7-8H2,1-6H3,(H,14,15). The van der Waals surface area contributed by atoms with Gasteiger partial charge in [0.1, 0.15) is 15.4 Å². The van der Waals surface area contributed by atoms with E-state index < -0.39 is 21.5 Å². The summed E-state index contributed by atoms with van der Waals surface area (Å²) in [6.45, 7) is 9.48. The van der Waals surface area contributed by atoms with Crippen molar-refractivity contribution in [2.75, 3.05) is 18.6 Å². The fraction of sp³-hybridized carbons (Fsp3) is 0.917. The van der Waals surface area contributed by atoms with Crippen LogP contribution in [-0.4, -0.2) is 50.7 Å². The van der Waals surface area contributed by atoms with E-state index in [0.717, 1.165) is 0 Å². The fourth-order valence-corrected chi connectivity index (χ4v) is 2.48. The van der Waals surface area contributed by atoms with Crippen molar-refractivity contribution in [3.8, 4) is 0 Å². The maximum Gasteiger partial charge on any atom is 0.407 e. The Morgan fingerprint density at radius 1 is 1.21 bits per heavy atom. The Balaban J connectivity index is 3.99. The molecule has 0 spiro atoms. The van der Waals surface area contributed by atoms with E-state index >= 15 is 0 Å². The largest absolute Gasteiger partial charge is 0.444 e. The van der Waals surface area contributed by atoms with Crippen LogP contribution in [0.3, 0.4) is 0 Å². The Labute approximate surface area is 116 Å². The highest BCUT2D eigenvalue weighted by atomic mass is 32.2. The van der Waals surface area contributed by atoms with Crippen LogP contribution in [0.15, 0.2) is 0 Å². The van der Waals surface area contributed by atoms with Crippen molar-refractivity contribution in [1.29, 1.82) is 0 Å². The van der Waals surface area contributed by atoms with Crippen LogP contribution < -0.4 is 10.6 Å². The van der Waals surface area contributed by atoms with E-state index in [1.165, 1.54) is 6.26 Å². The first kappa shape index (κ1) is 18.2. The van der Waals surface area contributed by atoms with Crippen LogP contribution in [0.5, 0.6) is 0 Å². The molecule has 0 rings (SSSR count). The van der Waals surface area contributed by atoms with E-state index in [2.05, 4.69) is 10.6 Å². The molecule has 0 aromatic heterocycles. The van der Waals surface area contributed by atoms with Gasteiger partial charge in [0, 0.05) is 24.9 Å². The Hall–Kier alpha value is -0.820. The van der Waals surface area contributed by atoms with Crippen molar-refractivity contribution >= 4 is 15.9 Å². The third-order valence-corrected chi connectivity index (χ3v) is 3.19. The highest BCUT2D eigenvalue weighted by molar-refractivity contribution is 7.90. The van der Waals surface area contributed by atoms with Gasteiger partial charge in [-0.15, -0.1) is 0 Å². The van der Waals surface area contributed by atoms with Gasteiger partial charge in [0.25, 0.3) is 0 Å². The smallest absolute Gasteiger partial charge is 0.407 e. The first-order chi connectivity index (χ1) is 8.39. The molecule has 1 amide bonds. The van der Waals surface area contributed by atoms with Gasteiger partial charge in [-0.1, -0.05) is 0 Å². The van der Waals surface area contributed by atoms with Gasteiger partial charge in [-0.05, 0) is 34.6 Å². The van der Waals surface area contributed by atoms with Gasteiger partial charge < -0.3 is 15.4 Å². The molecule has 114 valence electrons. The molecule has 6 nitrogen and oxygen atoms in total. The molecule has 2 atom stereocenters. The molecule has 19 heavy (non-hydrogen) atoms. The molecule has 7 heteroatoms. The second kappa shape index (κ2) is 7.09. The monoisotopic (exact) mass is 294 g/mol. The summed E-state index contributed by atoms with van der Waals surface area (Å²) >= 11 is 0. The Morgan fingerprint density at radius 2 is 1.74 bits per heavy atom. The van der Waals surface area contributed by atoms with Crippen molar-refractivity contribution in [1.82, 2.24) is 10.6 Å². The molecule has 0 aliphatic heterocycles. The summed E-state index contributed by atoms with van der Waals surface area (Å²) in [5.74, 6) is 0.0756. The minimum atomic E-state index is -2.99. The molecule has 0 aromatic rings. The second-order valence-electron chi connectivity index (χ2n) is 5.95. The number of ether oxygens (including phenoxy) is 1. The summed E-state index contributed by atoms with van der Waals surface area (Å²) in [6, 6.07) is -0.297. The van der Waals surface area contributed by atoms with E-state index in [4.69, 9.17) is 4.74 Å². The van der Waals surface area contributed by atoms with E-state index in [1.54, 1.807) is 27.7 Å². The van der Waals surface area contributed by atoms with Gasteiger partial charge in [-0.25, -0.2) is 13.2 Å². The van der Waals surface area contributed by atoms with Crippen LogP contribution in [-0.2, 0) is 14.6 Å². The number of alkyl carbamates (subject to hydrolysis) is 1. The zero-order valence-electron chi connectivity index (χ0n) is 12.6. The first-order valence-electron chi connectivity index (χ1n) is 6.29. The first-order valence-corrected chi connectivity index (χ1v) is 8.36. The average molecular weight is 294 g/mol. The van der Waals surface area contributed by atoms with Crippen molar-refractivity contribution in [2.45, 2.75) is 52.3 Å². The Morgan fingerprint density at radius 3 is 2.16 bits per heavy atom. The van der Waals surface area contributed by atoms with Gasteiger partial charge >= 0.3 is 6.09 Å². The molecule has 0 aromatic carbocycles. The minimum absolute atomic E-state index is 0.0756. The van der Waals surface area contributed by atoms with E-state index in [9.17, 15) is 13.2 Å². The molecule has 2 N–H and O–H groups in total. The summed E-state index contributed by atoms with van der Waals surface area (Å²) in [6.07, 6.45) is 0.727. The SMILES string of the molecule is CC(CS(C)(=O)=O)NCC(C)NC(=O)OC(C)(C)C. The molecule has 0 aliphatic rings. The van der Waals surface area contributed by atoms with Crippen molar-refractivity contribution in [3.05, 3.63) is 0 Å². The molecule has 0 saturated carbocycles. The predicted molar refractivity (Wildman–Crippen MR) is 76.0 cm³/mol. The molecule has 0 saturated heterocycles. The van der Waals surface area contributed by atoms with Gasteiger partial charge in [0.05, 0.1) is 5.75 Å². The van der Waals surface area contributed by atoms with Crippen molar-refractivity contribution in [3.63, 3.8) is 0 Å². The number of hydrogen-bond acceptors (Lipinski definition) is 5. The topological polar surface area (TPSA) is 84.5 Å². The summed E-state index contributed by atoms with van der Waals surface area (Å²) in [5.41, 5.74) is -0.527. The molecular weight excluding hydrogens is 268 g/mol. The molecule has 0 fully saturated rings. The van der Waals surface area contributed by atoms with Crippen LogP contribution >= 0.6 is 0 Å². The second-order valence-corrected chi connectivity index (χ2v) is 8.13. The number of amides is 1. The molecule has 2 unspecified atom stereocenters. The zero-order valence-corrected chi connectivity index (χ0v) is 13.4. The Bertz CT molecular complexity index is 387. The minimum Gasteiger partial charge on any atom is -0.444 e. The van der Waals surface area contributed by atoms with Gasteiger partial charge in [0.2, 0.25) is 0 Å².